The summed E-state index contributed by atoms with van der Waals surface area (Å²) in [4.78, 5) is -0.338. The third-order valence-corrected chi connectivity index (χ3v) is 4.84. The van der Waals surface area contributed by atoms with E-state index < -0.39 is 21.9 Å². The predicted molar refractivity (Wildman–Crippen MR) is 75.3 cm³/mol. The Morgan fingerprint density at radius 2 is 2.15 bits per heavy atom. The molecule has 0 saturated carbocycles. The first-order valence-corrected chi connectivity index (χ1v) is 8.07. The van der Waals surface area contributed by atoms with Crippen molar-refractivity contribution in [1.29, 1.82) is 0 Å². The molecule has 2 aromatic rings. The maximum atomic E-state index is 13.1. The summed E-state index contributed by atoms with van der Waals surface area (Å²) in [7, 11) is -3.97. The molecular formula is C12H13FN2O3S2. The molecule has 2 rings (SSSR count). The molecule has 0 amide bonds. The fourth-order valence-corrected chi connectivity index (χ4v) is 3.48. The molecule has 1 aromatic heterocycles. The Bertz CT molecular complexity index is 687. The van der Waals surface area contributed by atoms with E-state index >= 15 is 0 Å². The molecule has 8 heteroatoms. The van der Waals surface area contributed by atoms with Crippen LogP contribution in [0.2, 0.25) is 0 Å². The number of anilines is 1. The SMILES string of the molecule is Nc1ccc(F)cc1S(=O)(=O)NCC(O)c1ccsc1. The lowest BCUT2D eigenvalue weighted by atomic mass is 10.2. The smallest absolute Gasteiger partial charge is 0.242 e. The van der Waals surface area contributed by atoms with Crippen molar-refractivity contribution in [3.05, 3.63) is 46.4 Å². The van der Waals surface area contributed by atoms with Crippen LogP contribution >= 0.6 is 11.3 Å². The lowest BCUT2D eigenvalue weighted by Gasteiger charge is -2.12. The van der Waals surface area contributed by atoms with Crippen molar-refractivity contribution in [2.75, 3.05) is 12.3 Å². The van der Waals surface area contributed by atoms with E-state index in [9.17, 15) is 17.9 Å². The van der Waals surface area contributed by atoms with Crippen molar-refractivity contribution >= 4 is 27.0 Å². The predicted octanol–water partition coefficient (Wildman–Crippen LogP) is 1.48. The lowest BCUT2D eigenvalue weighted by molar-refractivity contribution is 0.182. The number of hydrogen-bond donors (Lipinski definition) is 3. The zero-order valence-corrected chi connectivity index (χ0v) is 11.9. The second-order valence-corrected chi connectivity index (χ2v) is 6.62. The molecule has 1 unspecified atom stereocenters. The summed E-state index contributed by atoms with van der Waals surface area (Å²) in [5, 5.41) is 13.3. The van der Waals surface area contributed by atoms with Crippen LogP contribution in [0.15, 0.2) is 39.9 Å². The van der Waals surface area contributed by atoms with Crippen molar-refractivity contribution in [2.24, 2.45) is 0 Å². The molecule has 0 fully saturated rings. The van der Waals surface area contributed by atoms with E-state index in [0.29, 0.717) is 5.56 Å². The fourth-order valence-electron chi connectivity index (χ4n) is 1.59. The molecule has 108 valence electrons. The van der Waals surface area contributed by atoms with E-state index in [0.717, 1.165) is 12.1 Å². The van der Waals surface area contributed by atoms with E-state index in [1.54, 1.807) is 16.8 Å². The van der Waals surface area contributed by atoms with Crippen LogP contribution in [-0.2, 0) is 10.0 Å². The highest BCUT2D eigenvalue weighted by Crippen LogP contribution is 2.20. The van der Waals surface area contributed by atoms with Crippen LogP contribution in [0.4, 0.5) is 10.1 Å². The molecule has 0 aliphatic rings. The van der Waals surface area contributed by atoms with E-state index in [1.807, 2.05) is 0 Å². The van der Waals surface area contributed by atoms with Crippen LogP contribution in [0.3, 0.4) is 0 Å². The van der Waals surface area contributed by atoms with E-state index in [4.69, 9.17) is 5.73 Å². The van der Waals surface area contributed by atoms with Crippen LogP contribution in [0, 0.1) is 5.82 Å². The molecule has 4 N–H and O–H groups in total. The Labute approximate surface area is 119 Å². The molecule has 0 saturated heterocycles. The first kappa shape index (κ1) is 14.9. The number of aliphatic hydroxyl groups excluding tert-OH is 1. The number of thiophene rings is 1. The molecule has 0 radical (unpaired) electrons. The molecule has 0 spiro atoms. The van der Waals surface area contributed by atoms with Crippen LogP contribution in [-0.4, -0.2) is 20.1 Å². The maximum absolute atomic E-state index is 13.1. The summed E-state index contributed by atoms with van der Waals surface area (Å²) < 4.78 is 39.3. The summed E-state index contributed by atoms with van der Waals surface area (Å²) in [5.74, 6) is -0.696. The maximum Gasteiger partial charge on any atom is 0.242 e. The van der Waals surface area contributed by atoms with Gasteiger partial charge in [0.2, 0.25) is 10.0 Å². The third-order valence-electron chi connectivity index (χ3n) is 2.66. The minimum atomic E-state index is -3.97. The second-order valence-electron chi connectivity index (χ2n) is 4.11. The summed E-state index contributed by atoms with van der Waals surface area (Å²) in [6, 6.07) is 4.79. The van der Waals surface area contributed by atoms with E-state index in [2.05, 4.69) is 4.72 Å². The van der Waals surface area contributed by atoms with Gasteiger partial charge < -0.3 is 10.8 Å². The molecule has 0 aliphatic heterocycles. The minimum absolute atomic E-state index is 0.0519. The standard InChI is InChI=1S/C12H13FN2O3S2/c13-9-1-2-10(14)12(5-9)20(17,18)15-6-11(16)8-3-4-19-7-8/h1-5,7,11,15-16H,6,14H2. The zero-order chi connectivity index (χ0) is 14.8. The highest BCUT2D eigenvalue weighted by atomic mass is 32.2. The average molecular weight is 316 g/mol. The number of hydrogen-bond acceptors (Lipinski definition) is 5. The van der Waals surface area contributed by atoms with Gasteiger partial charge in [-0.25, -0.2) is 17.5 Å². The van der Waals surface area contributed by atoms with Crippen LogP contribution in [0.5, 0.6) is 0 Å². The topological polar surface area (TPSA) is 92.4 Å². The second kappa shape index (κ2) is 5.88. The number of halogens is 1. The summed E-state index contributed by atoms with van der Waals surface area (Å²) in [6.45, 7) is -0.213. The normalized spacial score (nSPS) is 13.3. The molecule has 5 nitrogen and oxygen atoms in total. The van der Waals surface area contributed by atoms with Gasteiger partial charge in [0.05, 0.1) is 11.8 Å². The summed E-state index contributed by atoms with van der Waals surface area (Å²) in [5.41, 5.74) is 6.09. The highest BCUT2D eigenvalue weighted by Gasteiger charge is 2.20. The molecule has 1 atom stereocenters. The Hall–Kier alpha value is -1.48. The monoisotopic (exact) mass is 316 g/mol. The van der Waals surface area contributed by atoms with E-state index in [-0.39, 0.29) is 17.1 Å². The molecule has 0 bridgehead atoms. The van der Waals surface area contributed by atoms with Gasteiger partial charge in [0, 0.05) is 6.54 Å². The number of nitrogens with one attached hydrogen (secondary N) is 1. The quantitative estimate of drug-likeness (QED) is 0.729. The van der Waals surface area contributed by atoms with Crippen molar-refractivity contribution in [3.63, 3.8) is 0 Å². The Morgan fingerprint density at radius 3 is 2.80 bits per heavy atom. The van der Waals surface area contributed by atoms with Crippen molar-refractivity contribution < 1.29 is 17.9 Å². The average Bonchev–Trinajstić information content (AvgIpc) is 2.93. The number of rotatable bonds is 5. The molecule has 1 aromatic carbocycles. The van der Waals surface area contributed by atoms with Gasteiger partial charge in [-0.2, -0.15) is 11.3 Å². The first-order valence-electron chi connectivity index (χ1n) is 5.65. The Balaban J connectivity index is 2.13. The lowest BCUT2D eigenvalue weighted by Crippen LogP contribution is -2.29. The van der Waals surface area contributed by atoms with Gasteiger partial charge in [-0.15, -0.1) is 0 Å². The van der Waals surface area contributed by atoms with Gasteiger partial charge in [0.25, 0.3) is 0 Å². The third kappa shape index (κ3) is 3.34. The van der Waals surface area contributed by atoms with Gasteiger partial charge in [-0.05, 0) is 40.6 Å². The number of aliphatic hydroxyl groups is 1. The van der Waals surface area contributed by atoms with Crippen LogP contribution < -0.4 is 10.5 Å². The highest BCUT2D eigenvalue weighted by molar-refractivity contribution is 7.89. The van der Waals surface area contributed by atoms with Gasteiger partial charge in [0.15, 0.2) is 0 Å². The number of nitrogen functional groups attached to an aromatic ring is 1. The fraction of sp³-hybridized carbons (Fsp3) is 0.167. The Kier molecular flexibility index (Phi) is 4.39. The number of nitrogens with two attached hydrogens (primary N) is 1. The van der Waals surface area contributed by atoms with Crippen molar-refractivity contribution in [3.8, 4) is 0 Å². The van der Waals surface area contributed by atoms with Crippen molar-refractivity contribution in [2.45, 2.75) is 11.0 Å². The van der Waals surface area contributed by atoms with Gasteiger partial charge in [-0.1, -0.05) is 0 Å². The number of sulfonamides is 1. The molecular weight excluding hydrogens is 303 g/mol. The largest absolute Gasteiger partial charge is 0.398 e. The van der Waals surface area contributed by atoms with Crippen LogP contribution in [0.1, 0.15) is 11.7 Å². The van der Waals surface area contributed by atoms with Gasteiger partial charge in [0.1, 0.15) is 10.7 Å². The van der Waals surface area contributed by atoms with Crippen LogP contribution in [0.25, 0.3) is 0 Å². The van der Waals surface area contributed by atoms with E-state index in [1.165, 1.54) is 17.4 Å². The van der Waals surface area contributed by atoms with Crippen molar-refractivity contribution in [1.82, 2.24) is 4.72 Å². The Morgan fingerprint density at radius 1 is 1.40 bits per heavy atom. The molecule has 1 heterocycles. The molecule has 0 aliphatic carbocycles. The van der Waals surface area contributed by atoms with Gasteiger partial charge in [-0.3, -0.25) is 0 Å². The minimum Gasteiger partial charge on any atom is -0.398 e. The number of benzene rings is 1. The summed E-state index contributed by atoms with van der Waals surface area (Å²) in [6.07, 6.45) is -0.967. The van der Waals surface area contributed by atoms with Gasteiger partial charge >= 0.3 is 0 Å². The zero-order valence-electron chi connectivity index (χ0n) is 10.3. The first-order chi connectivity index (χ1) is 9.40. The molecule has 20 heavy (non-hydrogen) atoms. The summed E-state index contributed by atoms with van der Waals surface area (Å²) >= 11 is 1.40.